The lowest BCUT2D eigenvalue weighted by Crippen LogP contribution is -2.48. The smallest absolute Gasteiger partial charge is 0.282 e. The quantitative estimate of drug-likeness (QED) is 0.534. The van der Waals surface area contributed by atoms with Crippen molar-refractivity contribution >= 4 is 16.0 Å². The van der Waals surface area contributed by atoms with Crippen molar-refractivity contribution in [3.05, 3.63) is 0 Å². The van der Waals surface area contributed by atoms with Gasteiger partial charge in [0.25, 0.3) is 10.2 Å². The fourth-order valence-electron chi connectivity index (χ4n) is 1.87. The van der Waals surface area contributed by atoms with E-state index in [1.54, 1.807) is 0 Å². The number of amidine groups is 1. The number of likely N-dealkylation sites (N-methyl/N-ethyl adjacent to an activating group) is 1. The first kappa shape index (κ1) is 13.4. The van der Waals surface area contributed by atoms with E-state index in [9.17, 15) is 8.42 Å². The summed E-state index contributed by atoms with van der Waals surface area (Å²) in [5.41, 5.74) is 5.21. The summed E-state index contributed by atoms with van der Waals surface area (Å²) >= 11 is 0. The molecule has 1 heterocycles. The Labute approximate surface area is 97.1 Å². The molecule has 3 N–H and O–H groups in total. The summed E-state index contributed by atoms with van der Waals surface area (Å²) < 4.78 is 26.7. The van der Waals surface area contributed by atoms with Crippen LogP contribution in [0.1, 0.15) is 19.8 Å². The second kappa shape index (κ2) is 5.11. The molecule has 1 rings (SSSR count). The molecule has 16 heavy (non-hydrogen) atoms. The summed E-state index contributed by atoms with van der Waals surface area (Å²) in [5, 5.41) is 7.11. The largest absolute Gasteiger partial charge is 0.387 e. The third-order valence-corrected chi connectivity index (χ3v) is 4.63. The van der Waals surface area contributed by atoms with Gasteiger partial charge in [-0.15, -0.1) is 0 Å². The molecule has 6 nitrogen and oxygen atoms in total. The number of nitrogens with one attached hydrogen (secondary N) is 1. The molecule has 1 unspecified atom stereocenters. The molecule has 0 aromatic heterocycles. The molecule has 1 aliphatic rings. The summed E-state index contributed by atoms with van der Waals surface area (Å²) in [6.45, 7) is 3.12. The van der Waals surface area contributed by atoms with E-state index in [0.717, 1.165) is 17.1 Å². The molecule has 0 amide bonds. The van der Waals surface area contributed by atoms with Gasteiger partial charge in [0.2, 0.25) is 0 Å². The molecule has 1 saturated heterocycles. The highest BCUT2D eigenvalue weighted by Gasteiger charge is 2.30. The number of hydrogen-bond acceptors (Lipinski definition) is 3. The van der Waals surface area contributed by atoms with Crippen LogP contribution in [-0.2, 0) is 10.2 Å². The van der Waals surface area contributed by atoms with Gasteiger partial charge in [0.15, 0.2) is 0 Å². The SMILES string of the molecule is CC1CCCN(S(=O)(=O)N(C)CC(=N)N)C1. The van der Waals surface area contributed by atoms with Crippen molar-refractivity contribution in [2.75, 3.05) is 26.7 Å². The zero-order chi connectivity index (χ0) is 12.3. The van der Waals surface area contributed by atoms with E-state index in [-0.39, 0.29) is 12.4 Å². The van der Waals surface area contributed by atoms with E-state index in [0.29, 0.717) is 19.0 Å². The lowest BCUT2D eigenvalue weighted by Gasteiger charge is -2.32. The molecule has 1 atom stereocenters. The third kappa shape index (κ3) is 3.16. The van der Waals surface area contributed by atoms with Crippen LogP contribution >= 0.6 is 0 Å². The molecule has 0 radical (unpaired) electrons. The topological polar surface area (TPSA) is 90.5 Å². The van der Waals surface area contributed by atoms with Gasteiger partial charge in [-0.05, 0) is 18.8 Å². The van der Waals surface area contributed by atoms with Gasteiger partial charge in [0.1, 0.15) is 5.84 Å². The normalized spacial score (nSPS) is 23.6. The van der Waals surface area contributed by atoms with Gasteiger partial charge >= 0.3 is 0 Å². The first-order valence-corrected chi connectivity index (χ1v) is 6.78. The minimum absolute atomic E-state index is 0.0484. The molecule has 0 saturated carbocycles. The number of hydrogen-bond donors (Lipinski definition) is 2. The van der Waals surface area contributed by atoms with Crippen molar-refractivity contribution in [3.8, 4) is 0 Å². The minimum atomic E-state index is -3.44. The zero-order valence-electron chi connectivity index (χ0n) is 9.81. The number of nitrogens with zero attached hydrogens (tertiary/aromatic N) is 2. The molecular weight excluding hydrogens is 228 g/mol. The first-order valence-electron chi connectivity index (χ1n) is 5.38. The predicted molar refractivity (Wildman–Crippen MR) is 63.4 cm³/mol. The van der Waals surface area contributed by atoms with Crippen LogP contribution < -0.4 is 5.73 Å². The van der Waals surface area contributed by atoms with E-state index in [1.807, 2.05) is 6.92 Å². The van der Waals surface area contributed by atoms with Crippen LogP contribution in [0.5, 0.6) is 0 Å². The Bertz CT molecular complexity index is 355. The van der Waals surface area contributed by atoms with Crippen LogP contribution in [0, 0.1) is 11.3 Å². The van der Waals surface area contributed by atoms with E-state index >= 15 is 0 Å². The van der Waals surface area contributed by atoms with E-state index in [4.69, 9.17) is 11.1 Å². The maximum absolute atomic E-state index is 12.1. The van der Waals surface area contributed by atoms with Crippen LogP contribution in [-0.4, -0.2) is 49.5 Å². The summed E-state index contributed by atoms with van der Waals surface area (Å²) in [6, 6.07) is 0. The summed E-state index contributed by atoms with van der Waals surface area (Å²) in [7, 11) is -1.99. The van der Waals surface area contributed by atoms with E-state index < -0.39 is 10.2 Å². The fourth-order valence-corrected chi connectivity index (χ4v) is 3.37. The Morgan fingerprint density at radius 2 is 2.25 bits per heavy atom. The zero-order valence-corrected chi connectivity index (χ0v) is 10.6. The van der Waals surface area contributed by atoms with Gasteiger partial charge in [0.05, 0.1) is 6.54 Å². The Hall–Kier alpha value is -0.660. The van der Waals surface area contributed by atoms with Crippen molar-refractivity contribution in [3.63, 3.8) is 0 Å². The number of nitrogens with two attached hydrogens (primary N) is 1. The molecule has 0 bridgehead atoms. The molecule has 7 heteroatoms. The average molecular weight is 248 g/mol. The Balaban J connectivity index is 2.72. The molecule has 0 aromatic rings. The van der Waals surface area contributed by atoms with Crippen molar-refractivity contribution < 1.29 is 8.42 Å². The fraction of sp³-hybridized carbons (Fsp3) is 0.889. The number of piperidine rings is 1. The predicted octanol–water partition coefficient (Wildman–Crippen LogP) is -0.169. The van der Waals surface area contributed by atoms with Crippen molar-refractivity contribution in [2.24, 2.45) is 11.7 Å². The summed E-state index contributed by atoms with van der Waals surface area (Å²) in [5.74, 6) is 0.255. The summed E-state index contributed by atoms with van der Waals surface area (Å²) in [4.78, 5) is 0. The van der Waals surface area contributed by atoms with Crippen LogP contribution in [0.2, 0.25) is 0 Å². The second-order valence-electron chi connectivity index (χ2n) is 4.39. The molecular formula is C9H20N4O2S. The Morgan fingerprint density at radius 1 is 1.62 bits per heavy atom. The maximum Gasteiger partial charge on any atom is 0.282 e. The average Bonchev–Trinajstić information content (AvgIpc) is 2.16. The lowest BCUT2D eigenvalue weighted by molar-refractivity contribution is 0.267. The molecule has 94 valence electrons. The van der Waals surface area contributed by atoms with Crippen molar-refractivity contribution in [2.45, 2.75) is 19.8 Å². The minimum Gasteiger partial charge on any atom is -0.387 e. The third-order valence-electron chi connectivity index (χ3n) is 2.73. The van der Waals surface area contributed by atoms with E-state index in [1.165, 1.54) is 11.4 Å². The number of rotatable bonds is 4. The van der Waals surface area contributed by atoms with Crippen LogP contribution in [0.4, 0.5) is 0 Å². The highest BCUT2D eigenvalue weighted by molar-refractivity contribution is 7.86. The maximum atomic E-state index is 12.1. The van der Waals surface area contributed by atoms with Crippen LogP contribution in [0.15, 0.2) is 0 Å². The highest BCUT2D eigenvalue weighted by Crippen LogP contribution is 2.19. The van der Waals surface area contributed by atoms with Crippen molar-refractivity contribution in [1.29, 1.82) is 5.41 Å². The Kier molecular flexibility index (Phi) is 4.28. The molecule has 0 aliphatic carbocycles. The van der Waals surface area contributed by atoms with Gasteiger partial charge in [-0.25, -0.2) is 0 Å². The molecule has 1 fully saturated rings. The summed E-state index contributed by atoms with van der Waals surface area (Å²) in [6.07, 6.45) is 1.97. The van der Waals surface area contributed by atoms with Gasteiger partial charge in [0, 0.05) is 20.1 Å². The van der Waals surface area contributed by atoms with Gasteiger partial charge in [-0.2, -0.15) is 17.0 Å². The molecule has 0 spiro atoms. The standard InChI is InChI=1S/C9H20N4O2S/c1-8-4-3-5-13(6-8)16(14,15)12(2)7-9(10)11/h8H,3-7H2,1-2H3,(H3,10,11). The van der Waals surface area contributed by atoms with Gasteiger partial charge in [-0.1, -0.05) is 6.92 Å². The lowest BCUT2D eigenvalue weighted by atomic mass is 10.0. The van der Waals surface area contributed by atoms with Crippen molar-refractivity contribution in [1.82, 2.24) is 8.61 Å². The monoisotopic (exact) mass is 248 g/mol. The second-order valence-corrected chi connectivity index (χ2v) is 6.43. The highest BCUT2D eigenvalue weighted by atomic mass is 32.2. The van der Waals surface area contributed by atoms with Crippen LogP contribution in [0.25, 0.3) is 0 Å². The van der Waals surface area contributed by atoms with Gasteiger partial charge < -0.3 is 5.73 Å². The van der Waals surface area contributed by atoms with Gasteiger partial charge in [-0.3, -0.25) is 5.41 Å². The molecule has 0 aromatic carbocycles. The van der Waals surface area contributed by atoms with E-state index in [2.05, 4.69) is 0 Å². The molecule has 1 aliphatic heterocycles. The van der Waals surface area contributed by atoms with Crippen LogP contribution in [0.3, 0.4) is 0 Å². The Morgan fingerprint density at radius 3 is 2.75 bits per heavy atom. The first-order chi connectivity index (χ1) is 7.34.